The maximum Gasteiger partial charge on any atom is 0.326 e. The van der Waals surface area contributed by atoms with E-state index in [0.29, 0.717) is 11.3 Å². The van der Waals surface area contributed by atoms with Gasteiger partial charge < -0.3 is 10.0 Å². The zero-order chi connectivity index (χ0) is 11.0. The molecule has 2 rings (SSSR count). The Bertz CT molecular complexity index is 430. The molecule has 1 aromatic heterocycles. The van der Waals surface area contributed by atoms with Crippen LogP contribution in [0.25, 0.3) is 0 Å². The van der Waals surface area contributed by atoms with Gasteiger partial charge in [0.1, 0.15) is 6.04 Å². The van der Waals surface area contributed by atoms with Crippen molar-refractivity contribution in [3.8, 4) is 0 Å². The lowest BCUT2D eigenvalue weighted by atomic mass is 10.2. The van der Waals surface area contributed by atoms with Crippen LogP contribution in [0.1, 0.15) is 23.0 Å². The summed E-state index contributed by atoms with van der Waals surface area (Å²) < 4.78 is 0. The number of hydrogen-bond acceptors (Lipinski definition) is 3. The highest BCUT2D eigenvalue weighted by molar-refractivity contribution is 5.99. The van der Waals surface area contributed by atoms with Gasteiger partial charge in [-0.1, -0.05) is 0 Å². The van der Waals surface area contributed by atoms with Crippen LogP contribution in [0.4, 0.5) is 0 Å². The number of amides is 1. The number of carboxylic acids is 1. The molecule has 0 saturated heterocycles. The first-order valence-corrected chi connectivity index (χ1v) is 4.59. The summed E-state index contributed by atoms with van der Waals surface area (Å²) in [6.07, 6.45) is 1.60. The van der Waals surface area contributed by atoms with Gasteiger partial charge in [-0.05, 0) is 19.1 Å². The summed E-state index contributed by atoms with van der Waals surface area (Å²) in [5.41, 5.74) is 1.15. The van der Waals surface area contributed by atoms with E-state index in [-0.39, 0.29) is 12.5 Å². The van der Waals surface area contributed by atoms with E-state index in [1.807, 2.05) is 0 Å². The molecule has 0 spiro atoms. The van der Waals surface area contributed by atoms with Gasteiger partial charge >= 0.3 is 5.97 Å². The van der Waals surface area contributed by atoms with Crippen LogP contribution in [0.15, 0.2) is 18.3 Å². The Hall–Kier alpha value is -1.91. The van der Waals surface area contributed by atoms with Crippen molar-refractivity contribution in [1.29, 1.82) is 0 Å². The van der Waals surface area contributed by atoms with Crippen LogP contribution < -0.4 is 0 Å². The molecule has 0 aliphatic carbocycles. The Morgan fingerprint density at radius 1 is 1.67 bits per heavy atom. The van der Waals surface area contributed by atoms with Gasteiger partial charge in [-0.15, -0.1) is 0 Å². The van der Waals surface area contributed by atoms with Gasteiger partial charge in [0.25, 0.3) is 5.91 Å². The second-order valence-corrected chi connectivity index (χ2v) is 3.44. The van der Waals surface area contributed by atoms with Crippen LogP contribution in [-0.2, 0) is 11.3 Å². The first-order valence-electron chi connectivity index (χ1n) is 4.59. The zero-order valence-corrected chi connectivity index (χ0v) is 8.17. The van der Waals surface area contributed by atoms with Gasteiger partial charge in [-0.2, -0.15) is 0 Å². The minimum Gasteiger partial charge on any atom is -0.480 e. The Labute approximate surface area is 86.3 Å². The minimum atomic E-state index is -1.00. The molecular formula is C10H10N2O3. The van der Waals surface area contributed by atoms with Crippen molar-refractivity contribution in [2.75, 3.05) is 0 Å². The van der Waals surface area contributed by atoms with E-state index in [1.165, 1.54) is 11.8 Å². The fourth-order valence-electron chi connectivity index (χ4n) is 1.59. The van der Waals surface area contributed by atoms with Gasteiger partial charge in [0, 0.05) is 6.20 Å². The largest absolute Gasteiger partial charge is 0.480 e. The number of fused-ring (bicyclic) bond motifs is 1. The molecule has 1 aliphatic rings. The van der Waals surface area contributed by atoms with Crippen molar-refractivity contribution in [2.24, 2.45) is 0 Å². The predicted molar refractivity (Wildman–Crippen MR) is 51.2 cm³/mol. The van der Waals surface area contributed by atoms with Crippen LogP contribution in [-0.4, -0.2) is 32.9 Å². The van der Waals surface area contributed by atoms with Gasteiger partial charge in [-0.25, -0.2) is 4.79 Å². The number of carbonyl (C=O) groups is 2. The number of rotatable bonds is 2. The van der Waals surface area contributed by atoms with Crippen LogP contribution in [0, 0.1) is 0 Å². The number of aliphatic carboxylic acids is 1. The summed E-state index contributed by atoms with van der Waals surface area (Å²) >= 11 is 0. The number of nitrogens with zero attached hydrogens (tertiary/aromatic N) is 2. The first kappa shape index (κ1) is 9.64. The normalized spacial score (nSPS) is 16.3. The van der Waals surface area contributed by atoms with E-state index in [0.717, 1.165) is 0 Å². The molecule has 0 bridgehead atoms. The topological polar surface area (TPSA) is 70.5 Å². The standard InChI is InChI=1S/C10H10N2O3/c1-6(10(14)15)12-5-8-7(9(12)13)3-2-4-11-8/h2-4,6H,5H2,1H3,(H,14,15)/t6-/m0/s1. The van der Waals surface area contributed by atoms with Crippen molar-refractivity contribution in [3.05, 3.63) is 29.6 Å². The molecule has 1 N–H and O–H groups in total. The number of hydrogen-bond donors (Lipinski definition) is 1. The van der Waals surface area contributed by atoms with Gasteiger partial charge in [0.15, 0.2) is 0 Å². The van der Waals surface area contributed by atoms with Crippen molar-refractivity contribution < 1.29 is 14.7 Å². The van der Waals surface area contributed by atoms with Crippen molar-refractivity contribution in [1.82, 2.24) is 9.88 Å². The second-order valence-electron chi connectivity index (χ2n) is 3.44. The molecule has 0 unspecified atom stereocenters. The third-order valence-corrected chi connectivity index (χ3v) is 2.53. The average molecular weight is 206 g/mol. The summed E-state index contributed by atoms with van der Waals surface area (Å²) in [6, 6.07) is 2.52. The average Bonchev–Trinajstić information content (AvgIpc) is 2.56. The Morgan fingerprint density at radius 2 is 2.40 bits per heavy atom. The minimum absolute atomic E-state index is 0.256. The number of carboxylic acid groups (broad SMARTS) is 1. The molecule has 1 aromatic rings. The molecule has 0 radical (unpaired) electrons. The van der Waals surface area contributed by atoms with Crippen LogP contribution in [0.5, 0.6) is 0 Å². The molecule has 15 heavy (non-hydrogen) atoms. The quantitative estimate of drug-likeness (QED) is 0.765. The fraction of sp³-hybridized carbons (Fsp3) is 0.300. The molecule has 1 atom stereocenters. The number of carbonyl (C=O) groups excluding carboxylic acids is 1. The highest BCUT2D eigenvalue weighted by Gasteiger charge is 2.34. The van der Waals surface area contributed by atoms with Gasteiger partial charge in [0.2, 0.25) is 0 Å². The molecule has 5 nitrogen and oxygen atoms in total. The van der Waals surface area contributed by atoms with Crippen molar-refractivity contribution in [2.45, 2.75) is 19.5 Å². The van der Waals surface area contributed by atoms with Crippen LogP contribution in [0.3, 0.4) is 0 Å². The third-order valence-electron chi connectivity index (χ3n) is 2.53. The molecule has 0 aromatic carbocycles. The molecule has 0 saturated carbocycles. The summed E-state index contributed by atoms with van der Waals surface area (Å²) in [7, 11) is 0. The van der Waals surface area contributed by atoms with Gasteiger partial charge in [0.05, 0.1) is 17.8 Å². The summed E-state index contributed by atoms with van der Waals surface area (Å²) in [4.78, 5) is 27.9. The van der Waals surface area contributed by atoms with E-state index < -0.39 is 12.0 Å². The first-order chi connectivity index (χ1) is 7.11. The molecule has 2 heterocycles. The number of pyridine rings is 1. The lowest BCUT2D eigenvalue weighted by molar-refractivity contribution is -0.141. The molecule has 78 valence electrons. The van der Waals surface area contributed by atoms with E-state index in [2.05, 4.69) is 4.98 Å². The molecular weight excluding hydrogens is 196 g/mol. The Kier molecular flexibility index (Phi) is 2.15. The lowest BCUT2D eigenvalue weighted by Crippen LogP contribution is -2.38. The van der Waals surface area contributed by atoms with E-state index in [9.17, 15) is 9.59 Å². The highest BCUT2D eigenvalue weighted by atomic mass is 16.4. The molecule has 5 heteroatoms. The third kappa shape index (κ3) is 1.45. The summed E-state index contributed by atoms with van der Waals surface area (Å²) in [5.74, 6) is -1.26. The summed E-state index contributed by atoms with van der Waals surface area (Å²) in [6.45, 7) is 1.77. The smallest absolute Gasteiger partial charge is 0.326 e. The number of aromatic nitrogens is 1. The van der Waals surface area contributed by atoms with Crippen molar-refractivity contribution in [3.63, 3.8) is 0 Å². The maximum absolute atomic E-state index is 11.8. The monoisotopic (exact) mass is 206 g/mol. The molecule has 0 fully saturated rings. The van der Waals surface area contributed by atoms with E-state index in [4.69, 9.17) is 5.11 Å². The highest BCUT2D eigenvalue weighted by Crippen LogP contribution is 2.22. The Balaban J connectivity index is 2.31. The van der Waals surface area contributed by atoms with Crippen molar-refractivity contribution >= 4 is 11.9 Å². The second kappa shape index (κ2) is 3.34. The molecule has 1 aliphatic heterocycles. The van der Waals surface area contributed by atoms with Crippen LogP contribution >= 0.6 is 0 Å². The fourth-order valence-corrected chi connectivity index (χ4v) is 1.59. The SMILES string of the molecule is C[C@@H](C(=O)O)N1Cc2ncccc2C1=O. The molecule has 1 amide bonds. The Morgan fingerprint density at radius 3 is 3.00 bits per heavy atom. The lowest BCUT2D eigenvalue weighted by Gasteiger charge is -2.19. The van der Waals surface area contributed by atoms with Gasteiger partial charge in [-0.3, -0.25) is 9.78 Å². The zero-order valence-electron chi connectivity index (χ0n) is 8.17. The van der Waals surface area contributed by atoms with E-state index in [1.54, 1.807) is 18.3 Å². The van der Waals surface area contributed by atoms with Crippen LogP contribution in [0.2, 0.25) is 0 Å². The van der Waals surface area contributed by atoms with E-state index >= 15 is 0 Å². The predicted octanol–water partition coefficient (Wildman–Crippen LogP) is 0.510. The summed E-state index contributed by atoms with van der Waals surface area (Å²) in [5, 5.41) is 8.82. The maximum atomic E-state index is 11.8.